The largest absolute Gasteiger partial charge is 1.00 e. The first kappa shape index (κ1) is 11.3. The van der Waals surface area contributed by atoms with Crippen LogP contribution in [0.3, 0.4) is 0 Å². The van der Waals surface area contributed by atoms with Crippen molar-refractivity contribution in [1.29, 1.82) is 0 Å². The minimum absolute atomic E-state index is 0. The number of nitrogens with zero attached hydrogens (tertiary/aromatic N) is 1. The van der Waals surface area contributed by atoms with Crippen molar-refractivity contribution in [2.45, 2.75) is 19.3 Å². The molecule has 0 amide bonds. The van der Waals surface area contributed by atoms with Crippen molar-refractivity contribution in [3.63, 3.8) is 0 Å². The summed E-state index contributed by atoms with van der Waals surface area (Å²) in [5, 5.41) is 1.11. The normalized spacial score (nSPS) is 22.5. The molecule has 1 saturated heterocycles. The van der Waals surface area contributed by atoms with Crippen LogP contribution in [0.2, 0.25) is 0 Å². The maximum Gasteiger partial charge on any atom is 1.00 e. The van der Waals surface area contributed by atoms with E-state index in [2.05, 4.69) is 4.37 Å². The topological polar surface area (TPSA) is 30.0 Å². The zero-order valence-corrected chi connectivity index (χ0v) is 9.29. The second-order valence-electron chi connectivity index (χ2n) is 2.81. The van der Waals surface area contributed by atoms with Crippen LogP contribution in [0, 0.1) is 5.25 Å². The van der Waals surface area contributed by atoms with Crippen LogP contribution < -0.4 is 18.9 Å². The Morgan fingerprint density at radius 3 is 3.00 bits per heavy atom. The number of hydrogen-bond acceptors (Lipinski definition) is 3. The third kappa shape index (κ3) is 2.60. The van der Waals surface area contributed by atoms with Gasteiger partial charge in [-0.05, 0) is 23.4 Å². The van der Waals surface area contributed by atoms with Gasteiger partial charge in [0.25, 0.3) is 0 Å². The summed E-state index contributed by atoms with van der Waals surface area (Å²) in [6.07, 6.45) is 5.06. The quantitative estimate of drug-likeness (QED) is 0.435. The molecule has 0 spiro atoms. The second-order valence-corrected chi connectivity index (χ2v) is 5.23. The molecule has 0 radical (unpaired) electrons. The summed E-state index contributed by atoms with van der Waals surface area (Å²) in [6, 6.07) is 1.96. The average molecular weight is 207 g/mol. The predicted molar refractivity (Wildman–Crippen MR) is 51.3 cm³/mol. The van der Waals surface area contributed by atoms with Gasteiger partial charge in [0.2, 0.25) is 0 Å². The van der Waals surface area contributed by atoms with Crippen molar-refractivity contribution in [2.75, 3.05) is 5.75 Å². The van der Waals surface area contributed by atoms with Crippen LogP contribution in [0.1, 0.15) is 24.1 Å². The molecule has 1 aromatic rings. The first-order valence-electron chi connectivity index (χ1n) is 4.03. The Bertz CT molecular complexity index is 276. The molecule has 1 unspecified atom stereocenters. The van der Waals surface area contributed by atoms with Crippen molar-refractivity contribution in [3.8, 4) is 0 Å². The Balaban J connectivity index is 0.000000845. The summed E-state index contributed by atoms with van der Waals surface area (Å²) in [7, 11) is -0.720. The second kappa shape index (κ2) is 5.21. The van der Waals surface area contributed by atoms with E-state index in [1.165, 1.54) is 18.0 Å². The molecule has 5 heteroatoms. The van der Waals surface area contributed by atoms with E-state index in [-0.39, 0.29) is 18.9 Å². The van der Waals surface area contributed by atoms with E-state index in [1.807, 2.05) is 6.07 Å². The Hall–Kier alpha value is 0.247. The third-order valence-corrected chi connectivity index (χ3v) is 4.54. The van der Waals surface area contributed by atoms with Crippen molar-refractivity contribution >= 4 is 22.3 Å². The van der Waals surface area contributed by atoms with E-state index < -0.39 is 10.8 Å². The fourth-order valence-electron chi connectivity index (χ4n) is 1.35. The first-order chi connectivity index (χ1) is 5.88. The van der Waals surface area contributed by atoms with Gasteiger partial charge >= 0.3 is 18.9 Å². The van der Waals surface area contributed by atoms with E-state index >= 15 is 0 Å². The van der Waals surface area contributed by atoms with Gasteiger partial charge in [-0.3, -0.25) is 4.21 Å². The van der Waals surface area contributed by atoms with Gasteiger partial charge in [0.1, 0.15) is 0 Å². The van der Waals surface area contributed by atoms with Crippen LogP contribution in [-0.2, 0) is 10.8 Å². The van der Waals surface area contributed by atoms with E-state index in [0.29, 0.717) is 0 Å². The molecule has 0 bridgehead atoms. The van der Waals surface area contributed by atoms with Gasteiger partial charge in [0, 0.05) is 5.75 Å². The number of aromatic nitrogens is 1. The molecule has 1 aromatic heterocycles. The van der Waals surface area contributed by atoms with Gasteiger partial charge in [-0.1, -0.05) is 24.4 Å². The number of rotatable bonds is 1. The SMILES string of the molecule is O=S1CCCC[C-]1c1ccns1.[Li+]. The van der Waals surface area contributed by atoms with Crippen LogP contribution >= 0.6 is 11.5 Å². The maximum atomic E-state index is 11.5. The summed E-state index contributed by atoms with van der Waals surface area (Å²) in [6.45, 7) is 0. The van der Waals surface area contributed by atoms with E-state index in [1.54, 1.807) is 6.20 Å². The molecule has 13 heavy (non-hydrogen) atoms. The van der Waals surface area contributed by atoms with Gasteiger partial charge in [-0.25, -0.2) is 4.37 Å². The summed E-state index contributed by atoms with van der Waals surface area (Å²) >= 11 is 1.45. The monoisotopic (exact) mass is 207 g/mol. The van der Waals surface area contributed by atoms with Gasteiger partial charge in [0.15, 0.2) is 0 Å². The van der Waals surface area contributed by atoms with Crippen LogP contribution in [0.4, 0.5) is 0 Å². The number of hydrogen-bond donors (Lipinski definition) is 0. The molecule has 1 fully saturated rings. The Labute approximate surface area is 96.9 Å². The molecule has 0 N–H and O–H groups in total. The summed E-state index contributed by atoms with van der Waals surface area (Å²) in [4.78, 5) is 1.12. The average Bonchev–Trinajstić information content (AvgIpc) is 2.57. The molecule has 2 heterocycles. The van der Waals surface area contributed by atoms with Crippen LogP contribution in [0.25, 0.3) is 0 Å². The molecule has 1 aliphatic heterocycles. The molecule has 0 saturated carbocycles. The molecular formula is C8H10LiNOS2. The molecule has 1 atom stereocenters. The van der Waals surface area contributed by atoms with Crippen LogP contribution in [0.5, 0.6) is 0 Å². The predicted octanol–water partition coefficient (Wildman–Crippen LogP) is -1.04. The minimum atomic E-state index is -0.720. The maximum absolute atomic E-state index is 11.5. The van der Waals surface area contributed by atoms with Crippen LogP contribution in [-0.4, -0.2) is 14.3 Å². The van der Waals surface area contributed by atoms with E-state index in [9.17, 15) is 4.21 Å². The van der Waals surface area contributed by atoms with Crippen LogP contribution in [0.15, 0.2) is 12.3 Å². The minimum Gasteiger partial charge on any atom is -0.274 e. The standard InChI is InChI=1S/C8H10NOS2.Li/c10-12-6-2-1-3-8(12)7-4-5-9-11-7;/h4-5H,1-3,6H2;/q-1;+1. The third-order valence-electron chi connectivity index (χ3n) is 1.97. The zero-order valence-electron chi connectivity index (χ0n) is 7.66. The van der Waals surface area contributed by atoms with Crippen molar-refractivity contribution in [2.24, 2.45) is 0 Å². The van der Waals surface area contributed by atoms with E-state index in [4.69, 9.17) is 0 Å². The molecular weight excluding hydrogens is 197 g/mol. The smallest absolute Gasteiger partial charge is 0.274 e. The van der Waals surface area contributed by atoms with Gasteiger partial charge in [-0.15, -0.1) is 10.1 Å². The molecule has 66 valence electrons. The van der Waals surface area contributed by atoms with Gasteiger partial charge in [0.05, 0.1) is 0 Å². The fourth-order valence-corrected chi connectivity index (χ4v) is 3.68. The van der Waals surface area contributed by atoms with Crippen molar-refractivity contribution < 1.29 is 23.1 Å². The Morgan fingerprint density at radius 2 is 2.38 bits per heavy atom. The van der Waals surface area contributed by atoms with Gasteiger partial charge in [-0.2, -0.15) is 6.07 Å². The van der Waals surface area contributed by atoms with Crippen molar-refractivity contribution in [3.05, 3.63) is 22.4 Å². The first-order valence-corrected chi connectivity index (χ1v) is 6.12. The zero-order chi connectivity index (χ0) is 8.39. The molecule has 2 rings (SSSR count). The molecule has 1 aliphatic rings. The molecule has 0 aliphatic carbocycles. The van der Waals surface area contributed by atoms with E-state index in [0.717, 1.165) is 28.7 Å². The summed E-state index contributed by atoms with van der Waals surface area (Å²) in [5.74, 6) is 0.841. The summed E-state index contributed by atoms with van der Waals surface area (Å²) in [5.41, 5.74) is 0. The summed E-state index contributed by atoms with van der Waals surface area (Å²) < 4.78 is 15.6. The molecule has 0 aromatic carbocycles. The Morgan fingerprint density at radius 1 is 1.54 bits per heavy atom. The molecule has 2 nitrogen and oxygen atoms in total. The fraction of sp³-hybridized carbons (Fsp3) is 0.500. The van der Waals surface area contributed by atoms with Gasteiger partial charge < -0.3 is 0 Å². The Kier molecular flexibility index (Phi) is 4.54. The van der Waals surface area contributed by atoms with Crippen molar-refractivity contribution in [1.82, 2.24) is 4.37 Å².